The molecule has 4 atom stereocenters. The normalized spacial score (nSPS) is 22.4. The molecule has 188 valence electrons. The second-order valence-corrected chi connectivity index (χ2v) is 8.51. The first kappa shape index (κ1) is 24.8. The van der Waals surface area contributed by atoms with Crippen molar-refractivity contribution < 1.29 is 33.6 Å². The number of aliphatic hydroxyl groups is 1. The third-order valence-electron chi connectivity index (χ3n) is 6.15. The number of carbonyl (C=O) groups excluding carboxylic acids is 2. The predicted octanol–water partition coefficient (Wildman–Crippen LogP) is 2.49. The lowest BCUT2D eigenvalue weighted by Gasteiger charge is -2.37. The Labute approximate surface area is 203 Å². The van der Waals surface area contributed by atoms with Crippen molar-refractivity contribution in [2.45, 2.75) is 37.1 Å². The van der Waals surface area contributed by atoms with Crippen LogP contribution in [0.1, 0.15) is 24.3 Å². The Kier molecular flexibility index (Phi) is 8.06. The maximum atomic E-state index is 12.5. The highest BCUT2D eigenvalue weighted by Gasteiger charge is 2.46. The van der Waals surface area contributed by atoms with E-state index in [-0.39, 0.29) is 43.1 Å². The molecule has 1 fully saturated rings. The number of urea groups is 1. The summed E-state index contributed by atoms with van der Waals surface area (Å²) in [5.74, 6) is 1.19. The first-order valence-corrected chi connectivity index (χ1v) is 11.5. The number of carbonyl (C=O) groups is 2. The Morgan fingerprint density at radius 3 is 2.54 bits per heavy atom. The van der Waals surface area contributed by atoms with Crippen LogP contribution in [-0.4, -0.2) is 69.3 Å². The molecule has 2 aliphatic heterocycles. The van der Waals surface area contributed by atoms with Gasteiger partial charge in [0, 0.05) is 36.5 Å². The Bertz CT molecular complexity index is 1030. The minimum atomic E-state index is -0.548. The zero-order valence-electron chi connectivity index (χ0n) is 19.8. The van der Waals surface area contributed by atoms with E-state index in [9.17, 15) is 14.7 Å². The van der Waals surface area contributed by atoms with Gasteiger partial charge in [0.05, 0.1) is 32.8 Å². The second kappa shape index (κ2) is 11.4. The van der Waals surface area contributed by atoms with Gasteiger partial charge >= 0.3 is 6.03 Å². The molecule has 0 bridgehead atoms. The molecule has 2 heterocycles. The SMILES string of the molecule is COCCNC(=O)C[C@@H]1C[C@H]2c3cc(NC(=O)Nc4ccc(OC)cc4)ccc3O[C@H]2[C@@H](CO)O1. The average molecular weight is 486 g/mol. The fraction of sp³-hybridized carbons (Fsp3) is 0.440. The molecule has 0 radical (unpaired) electrons. The number of rotatable bonds is 9. The van der Waals surface area contributed by atoms with Crippen LogP contribution in [-0.2, 0) is 14.3 Å². The van der Waals surface area contributed by atoms with Crippen molar-refractivity contribution >= 4 is 23.3 Å². The van der Waals surface area contributed by atoms with E-state index in [1.807, 2.05) is 6.07 Å². The summed E-state index contributed by atoms with van der Waals surface area (Å²) in [4.78, 5) is 24.8. The molecule has 10 heteroatoms. The lowest BCUT2D eigenvalue weighted by Crippen LogP contribution is -2.47. The van der Waals surface area contributed by atoms with Crippen LogP contribution in [0, 0.1) is 0 Å². The summed E-state index contributed by atoms with van der Waals surface area (Å²) in [6.07, 6.45) is -0.520. The molecular weight excluding hydrogens is 454 g/mol. The van der Waals surface area contributed by atoms with E-state index in [2.05, 4.69) is 16.0 Å². The fourth-order valence-corrected chi connectivity index (χ4v) is 4.51. The van der Waals surface area contributed by atoms with Crippen LogP contribution in [0.25, 0.3) is 0 Å². The molecule has 1 saturated heterocycles. The number of fused-ring (bicyclic) bond motifs is 3. The number of benzene rings is 2. The van der Waals surface area contributed by atoms with Crippen molar-refractivity contribution in [1.29, 1.82) is 0 Å². The molecule has 2 aliphatic rings. The van der Waals surface area contributed by atoms with E-state index >= 15 is 0 Å². The van der Waals surface area contributed by atoms with Gasteiger partial charge in [-0.15, -0.1) is 0 Å². The van der Waals surface area contributed by atoms with Gasteiger partial charge in [-0.05, 0) is 48.9 Å². The maximum absolute atomic E-state index is 12.5. The number of hydrogen-bond donors (Lipinski definition) is 4. The molecule has 4 rings (SSSR count). The van der Waals surface area contributed by atoms with E-state index in [1.54, 1.807) is 50.6 Å². The molecular formula is C25H31N3O7. The van der Waals surface area contributed by atoms with Crippen LogP contribution < -0.4 is 25.4 Å². The monoisotopic (exact) mass is 485 g/mol. The van der Waals surface area contributed by atoms with Gasteiger partial charge in [-0.3, -0.25) is 4.79 Å². The molecule has 2 aromatic rings. The van der Waals surface area contributed by atoms with Gasteiger partial charge in [-0.25, -0.2) is 4.79 Å². The lowest BCUT2D eigenvalue weighted by molar-refractivity contribution is -0.142. The van der Waals surface area contributed by atoms with Crippen molar-refractivity contribution in [3.05, 3.63) is 48.0 Å². The third-order valence-corrected chi connectivity index (χ3v) is 6.15. The van der Waals surface area contributed by atoms with Gasteiger partial charge in [0.2, 0.25) is 5.91 Å². The van der Waals surface area contributed by atoms with Gasteiger partial charge in [-0.2, -0.15) is 0 Å². The molecule has 10 nitrogen and oxygen atoms in total. The highest BCUT2D eigenvalue weighted by molar-refractivity contribution is 5.99. The Morgan fingerprint density at radius 1 is 1.09 bits per heavy atom. The largest absolute Gasteiger partial charge is 0.497 e. The number of amides is 3. The van der Waals surface area contributed by atoms with Crippen molar-refractivity contribution in [2.75, 3.05) is 44.6 Å². The molecule has 0 aromatic heterocycles. The molecule has 0 spiro atoms. The second-order valence-electron chi connectivity index (χ2n) is 8.51. The standard InChI is InChI=1S/C25H31N3O7/c1-32-10-9-26-23(30)13-18-12-20-19-11-16(5-8-21(19)35-24(20)22(14-29)34-18)28-25(31)27-15-3-6-17(33-2)7-4-15/h3-8,11,18,20,22,24,29H,9-10,12-14H2,1-2H3,(H,26,30)(H2,27,28,31)/t18-,20-,22+,24+/m0/s1. The van der Waals surface area contributed by atoms with Gasteiger partial charge in [0.25, 0.3) is 0 Å². The first-order valence-electron chi connectivity index (χ1n) is 11.5. The molecule has 2 aromatic carbocycles. The smallest absolute Gasteiger partial charge is 0.323 e. The Hall–Kier alpha value is -3.34. The first-order chi connectivity index (χ1) is 17.0. The zero-order valence-corrected chi connectivity index (χ0v) is 19.8. The van der Waals surface area contributed by atoms with Crippen molar-refractivity contribution in [3.63, 3.8) is 0 Å². The van der Waals surface area contributed by atoms with Gasteiger partial charge in [0.15, 0.2) is 0 Å². The van der Waals surface area contributed by atoms with Gasteiger partial charge in [-0.1, -0.05) is 0 Å². The number of aliphatic hydroxyl groups excluding tert-OH is 1. The van der Waals surface area contributed by atoms with Gasteiger partial charge < -0.3 is 40.0 Å². The number of hydrogen-bond acceptors (Lipinski definition) is 7. The molecule has 0 unspecified atom stereocenters. The minimum absolute atomic E-state index is 0.0703. The topological polar surface area (TPSA) is 127 Å². The van der Waals surface area contributed by atoms with Gasteiger partial charge in [0.1, 0.15) is 23.7 Å². The van der Waals surface area contributed by atoms with Crippen molar-refractivity contribution in [1.82, 2.24) is 5.32 Å². The number of ether oxygens (including phenoxy) is 4. The predicted molar refractivity (Wildman–Crippen MR) is 129 cm³/mol. The maximum Gasteiger partial charge on any atom is 0.323 e. The van der Waals surface area contributed by atoms with E-state index in [1.165, 1.54) is 0 Å². The minimum Gasteiger partial charge on any atom is -0.497 e. The average Bonchev–Trinajstić information content (AvgIpc) is 3.22. The van der Waals surface area contributed by atoms with Crippen LogP contribution in [0.5, 0.6) is 11.5 Å². The summed E-state index contributed by atoms with van der Waals surface area (Å²) >= 11 is 0. The quantitative estimate of drug-likeness (QED) is 0.402. The summed E-state index contributed by atoms with van der Waals surface area (Å²) in [5.41, 5.74) is 2.17. The fourth-order valence-electron chi connectivity index (χ4n) is 4.51. The van der Waals surface area contributed by atoms with E-state index < -0.39 is 6.10 Å². The molecule has 4 N–H and O–H groups in total. The van der Waals surface area contributed by atoms with Crippen LogP contribution in [0.15, 0.2) is 42.5 Å². The Balaban J connectivity index is 1.41. The van der Waals surface area contributed by atoms with E-state index in [4.69, 9.17) is 18.9 Å². The third kappa shape index (κ3) is 6.02. The molecule has 35 heavy (non-hydrogen) atoms. The highest BCUT2D eigenvalue weighted by atomic mass is 16.6. The molecule has 0 aliphatic carbocycles. The Morgan fingerprint density at radius 2 is 1.83 bits per heavy atom. The van der Waals surface area contributed by atoms with E-state index in [0.717, 1.165) is 5.56 Å². The molecule has 0 saturated carbocycles. The highest BCUT2D eigenvalue weighted by Crippen LogP contribution is 2.47. The number of nitrogens with one attached hydrogen (secondary N) is 3. The van der Waals surface area contributed by atoms with Crippen molar-refractivity contribution in [2.24, 2.45) is 0 Å². The zero-order chi connectivity index (χ0) is 24.8. The van der Waals surface area contributed by atoms with Crippen LogP contribution in [0.2, 0.25) is 0 Å². The summed E-state index contributed by atoms with van der Waals surface area (Å²) < 4.78 is 22.2. The van der Waals surface area contributed by atoms with Crippen molar-refractivity contribution in [3.8, 4) is 11.5 Å². The summed E-state index contributed by atoms with van der Waals surface area (Å²) in [5, 5.41) is 18.3. The summed E-state index contributed by atoms with van der Waals surface area (Å²) in [7, 11) is 3.16. The lowest BCUT2D eigenvalue weighted by atomic mass is 9.84. The van der Waals surface area contributed by atoms with Crippen LogP contribution in [0.3, 0.4) is 0 Å². The van der Waals surface area contributed by atoms with Crippen LogP contribution in [0.4, 0.5) is 16.2 Å². The summed E-state index contributed by atoms with van der Waals surface area (Å²) in [6.45, 7) is 0.647. The number of methoxy groups -OCH3 is 2. The summed E-state index contributed by atoms with van der Waals surface area (Å²) in [6, 6.07) is 12.1. The van der Waals surface area contributed by atoms with E-state index in [0.29, 0.717) is 42.4 Å². The number of anilines is 2. The molecule has 3 amide bonds. The van der Waals surface area contributed by atoms with Crippen LogP contribution >= 0.6 is 0 Å².